The molecule has 0 aliphatic carbocycles. The Kier molecular flexibility index (Phi) is 4.33. The summed E-state index contributed by atoms with van der Waals surface area (Å²) < 4.78 is 0. The highest BCUT2D eigenvalue weighted by Crippen LogP contribution is 2.27. The van der Waals surface area contributed by atoms with Gasteiger partial charge in [0.1, 0.15) is 10.7 Å². The second-order valence-corrected chi connectivity index (χ2v) is 7.19. The molecule has 1 aromatic carbocycles. The lowest BCUT2D eigenvalue weighted by Crippen LogP contribution is -2.25. The molecule has 1 N–H and O–H groups in total. The molecule has 0 spiro atoms. The maximum absolute atomic E-state index is 12.4. The molecule has 2 heterocycles. The van der Waals surface area contributed by atoms with Crippen LogP contribution in [0.4, 0.5) is 0 Å². The van der Waals surface area contributed by atoms with Crippen LogP contribution in [0.3, 0.4) is 0 Å². The van der Waals surface area contributed by atoms with Crippen molar-refractivity contribution in [3.05, 3.63) is 62.5 Å². The normalized spacial score (nSPS) is 12.9. The van der Waals surface area contributed by atoms with Crippen molar-refractivity contribution in [2.24, 2.45) is 0 Å². The lowest BCUT2D eigenvalue weighted by Gasteiger charge is -2.23. The highest BCUT2D eigenvalue weighted by molar-refractivity contribution is 7.18. The number of hydrogen-bond acceptors (Lipinski definition) is 4. The topological polar surface area (TPSA) is 49.0 Å². The summed E-state index contributed by atoms with van der Waals surface area (Å²) >= 11 is 1.59. The van der Waals surface area contributed by atoms with E-state index in [1.54, 1.807) is 11.3 Å². The van der Waals surface area contributed by atoms with Gasteiger partial charge in [0.2, 0.25) is 0 Å². The Morgan fingerprint density at radius 2 is 1.96 bits per heavy atom. The number of hydrogen-bond donors (Lipinski definition) is 1. The van der Waals surface area contributed by atoms with Crippen molar-refractivity contribution in [2.75, 3.05) is 7.05 Å². The van der Waals surface area contributed by atoms with Gasteiger partial charge in [0.15, 0.2) is 0 Å². The molecule has 0 saturated carbocycles. The average molecular weight is 327 g/mol. The first-order chi connectivity index (χ1) is 11.0. The first-order valence-corrected chi connectivity index (χ1v) is 8.53. The minimum Gasteiger partial charge on any atom is -0.309 e. The molecule has 0 fully saturated rings. The predicted octanol–water partition coefficient (Wildman–Crippen LogP) is 3.79. The van der Waals surface area contributed by atoms with Gasteiger partial charge in [-0.15, -0.1) is 11.3 Å². The number of aromatic amines is 1. The van der Waals surface area contributed by atoms with E-state index in [1.807, 2.05) is 39.1 Å². The molecule has 0 bridgehead atoms. The molecule has 0 radical (unpaired) electrons. The van der Waals surface area contributed by atoms with Crippen molar-refractivity contribution in [1.82, 2.24) is 14.9 Å². The molecule has 1 atom stereocenters. The number of aryl methyl sites for hydroxylation is 2. The highest BCUT2D eigenvalue weighted by atomic mass is 32.1. The van der Waals surface area contributed by atoms with Gasteiger partial charge in [-0.3, -0.25) is 9.69 Å². The number of thiophene rings is 1. The first-order valence-electron chi connectivity index (χ1n) is 7.71. The molecule has 3 aromatic rings. The molecule has 5 heteroatoms. The molecule has 0 unspecified atom stereocenters. The molecule has 3 rings (SSSR count). The second kappa shape index (κ2) is 6.26. The fourth-order valence-corrected chi connectivity index (χ4v) is 3.72. The number of fused-ring (bicyclic) bond motifs is 1. The van der Waals surface area contributed by atoms with Crippen molar-refractivity contribution in [3.63, 3.8) is 0 Å². The Morgan fingerprint density at radius 3 is 2.65 bits per heavy atom. The Bertz CT molecular complexity index is 882. The van der Waals surface area contributed by atoms with E-state index in [0.29, 0.717) is 0 Å². The van der Waals surface area contributed by atoms with Crippen molar-refractivity contribution in [2.45, 2.75) is 33.4 Å². The molecule has 0 aliphatic heterocycles. The lowest BCUT2D eigenvalue weighted by atomic mass is 10.2. The smallest absolute Gasteiger partial charge is 0.259 e. The van der Waals surface area contributed by atoms with Gasteiger partial charge in [-0.25, -0.2) is 4.98 Å². The Balaban J connectivity index is 1.91. The fourth-order valence-electron chi connectivity index (χ4n) is 2.69. The fraction of sp³-hybridized carbons (Fsp3) is 0.333. The van der Waals surface area contributed by atoms with Crippen LogP contribution in [0.25, 0.3) is 10.2 Å². The van der Waals surface area contributed by atoms with E-state index in [2.05, 4.69) is 28.9 Å². The van der Waals surface area contributed by atoms with E-state index >= 15 is 0 Å². The van der Waals surface area contributed by atoms with Gasteiger partial charge >= 0.3 is 0 Å². The standard InChI is InChI=1S/C18H21N3OS/c1-11-13(3)23-18-15(11)17(22)19-16(20-18)12(2)21(4)10-14-8-6-5-7-9-14/h5-9,12H,10H2,1-4H3,(H,19,20,22)/t12-/m1/s1. The maximum Gasteiger partial charge on any atom is 0.259 e. The quantitative estimate of drug-likeness (QED) is 0.793. The van der Waals surface area contributed by atoms with Crippen LogP contribution >= 0.6 is 11.3 Å². The minimum absolute atomic E-state index is 0.0354. The van der Waals surface area contributed by atoms with Crippen LogP contribution in [0.1, 0.15) is 34.8 Å². The van der Waals surface area contributed by atoms with Crippen LogP contribution in [-0.4, -0.2) is 21.9 Å². The summed E-state index contributed by atoms with van der Waals surface area (Å²) in [5.74, 6) is 0.724. The largest absolute Gasteiger partial charge is 0.309 e. The van der Waals surface area contributed by atoms with Crippen LogP contribution < -0.4 is 5.56 Å². The molecule has 0 saturated heterocycles. The zero-order valence-corrected chi connectivity index (χ0v) is 14.7. The summed E-state index contributed by atoms with van der Waals surface area (Å²) in [4.78, 5) is 24.3. The van der Waals surface area contributed by atoms with Crippen LogP contribution in [0.5, 0.6) is 0 Å². The number of aromatic nitrogens is 2. The Morgan fingerprint density at radius 1 is 1.26 bits per heavy atom. The third-order valence-corrected chi connectivity index (χ3v) is 5.49. The summed E-state index contributed by atoms with van der Waals surface area (Å²) in [7, 11) is 2.05. The number of nitrogens with zero attached hydrogens (tertiary/aromatic N) is 2. The van der Waals surface area contributed by atoms with Crippen LogP contribution in [0.15, 0.2) is 35.1 Å². The highest BCUT2D eigenvalue weighted by Gasteiger charge is 2.18. The van der Waals surface area contributed by atoms with Gasteiger partial charge in [-0.1, -0.05) is 30.3 Å². The van der Waals surface area contributed by atoms with Gasteiger partial charge in [-0.2, -0.15) is 0 Å². The number of nitrogens with one attached hydrogen (secondary N) is 1. The summed E-state index contributed by atoms with van der Waals surface area (Å²) in [5.41, 5.74) is 2.25. The summed E-state index contributed by atoms with van der Waals surface area (Å²) in [6.45, 7) is 6.90. The van der Waals surface area contributed by atoms with Crippen molar-refractivity contribution < 1.29 is 0 Å². The van der Waals surface area contributed by atoms with Gasteiger partial charge < -0.3 is 4.98 Å². The van der Waals surface area contributed by atoms with Crippen LogP contribution in [0, 0.1) is 13.8 Å². The summed E-state index contributed by atoms with van der Waals surface area (Å²) in [5, 5.41) is 0.731. The summed E-state index contributed by atoms with van der Waals surface area (Å²) in [6.07, 6.45) is 0. The van der Waals surface area contributed by atoms with Crippen LogP contribution in [0.2, 0.25) is 0 Å². The van der Waals surface area contributed by atoms with Gasteiger partial charge in [-0.05, 0) is 38.9 Å². The van der Waals surface area contributed by atoms with E-state index in [1.165, 1.54) is 5.56 Å². The van der Waals surface area contributed by atoms with Gasteiger partial charge in [0, 0.05) is 11.4 Å². The van der Waals surface area contributed by atoms with Crippen molar-refractivity contribution in [1.29, 1.82) is 0 Å². The Labute approximate surface area is 139 Å². The second-order valence-electron chi connectivity index (χ2n) is 5.99. The molecular weight excluding hydrogens is 306 g/mol. The lowest BCUT2D eigenvalue weighted by molar-refractivity contribution is 0.244. The molecule has 2 aromatic heterocycles. The van der Waals surface area contributed by atoms with E-state index in [9.17, 15) is 4.79 Å². The van der Waals surface area contributed by atoms with Crippen LogP contribution in [-0.2, 0) is 6.54 Å². The summed E-state index contributed by atoms with van der Waals surface area (Å²) in [6, 6.07) is 10.3. The molecule has 120 valence electrons. The number of benzene rings is 1. The van der Waals surface area contributed by atoms with Crippen molar-refractivity contribution in [3.8, 4) is 0 Å². The predicted molar refractivity (Wildman–Crippen MR) is 96.0 cm³/mol. The minimum atomic E-state index is -0.0354. The van der Waals surface area contributed by atoms with E-state index < -0.39 is 0 Å². The van der Waals surface area contributed by atoms with E-state index in [-0.39, 0.29) is 11.6 Å². The SMILES string of the molecule is Cc1sc2nc([C@@H](C)N(C)Cc3ccccc3)[nH]c(=O)c2c1C. The molecular formula is C18H21N3OS. The molecule has 4 nitrogen and oxygen atoms in total. The van der Waals surface area contributed by atoms with E-state index in [4.69, 9.17) is 4.98 Å². The third kappa shape index (κ3) is 3.07. The zero-order chi connectivity index (χ0) is 16.6. The van der Waals surface area contributed by atoms with Gasteiger partial charge in [0.25, 0.3) is 5.56 Å². The molecule has 0 amide bonds. The average Bonchev–Trinajstić information content (AvgIpc) is 2.82. The van der Waals surface area contributed by atoms with E-state index in [0.717, 1.165) is 33.0 Å². The number of rotatable bonds is 4. The monoisotopic (exact) mass is 327 g/mol. The third-order valence-electron chi connectivity index (χ3n) is 4.39. The zero-order valence-electron chi connectivity index (χ0n) is 13.9. The maximum atomic E-state index is 12.4. The first kappa shape index (κ1) is 15.9. The molecule has 0 aliphatic rings. The number of H-pyrrole nitrogens is 1. The molecule has 23 heavy (non-hydrogen) atoms. The Hall–Kier alpha value is -1.98. The van der Waals surface area contributed by atoms with Crippen molar-refractivity contribution >= 4 is 21.6 Å². The van der Waals surface area contributed by atoms with Gasteiger partial charge in [0.05, 0.1) is 11.4 Å².